The average molecular weight is 1370 g/mol. The minimum absolute atomic E-state index is 0. The van der Waals surface area contributed by atoms with Crippen LogP contribution in [0.1, 0.15) is 41.4 Å². The maximum absolute atomic E-state index is 14.3. The second-order valence-corrected chi connectivity index (χ2v) is 26.3. The van der Waals surface area contributed by atoms with E-state index in [9.17, 15) is 71.1 Å². The van der Waals surface area contributed by atoms with E-state index in [-0.39, 0.29) is 107 Å². The molecule has 3 aromatic heterocycles. The van der Waals surface area contributed by atoms with E-state index in [0.29, 0.717) is 21.9 Å². The minimum atomic E-state index is -4.93. The quantitative estimate of drug-likeness (QED) is 0.0416. The van der Waals surface area contributed by atoms with Gasteiger partial charge in [-0.3, -0.25) is 37.4 Å². The maximum Gasteiger partial charge on any atom is 2.00 e. The monoisotopic (exact) mass is 1370 g/mol. The van der Waals surface area contributed by atoms with E-state index >= 15 is 0 Å². The van der Waals surface area contributed by atoms with Gasteiger partial charge in [-0.2, -0.15) is 33.7 Å². The Hall–Kier alpha value is -10.6. The first-order valence-corrected chi connectivity index (χ1v) is 32.8. The van der Waals surface area contributed by atoms with Crippen molar-refractivity contribution < 1.29 is 88.1 Å². The molecule has 8 aromatic carbocycles. The van der Waals surface area contributed by atoms with Crippen LogP contribution in [0.5, 0.6) is 0 Å². The molecule has 8 N–H and O–H groups in total. The van der Waals surface area contributed by atoms with Crippen LogP contribution >= 0.6 is 0 Å². The van der Waals surface area contributed by atoms with Crippen LogP contribution in [-0.2, 0) is 57.5 Å². The summed E-state index contributed by atoms with van der Waals surface area (Å²) < 4.78 is 141. The fraction of sp³-hybridized carbons (Fsp3) is 0. The van der Waals surface area contributed by atoms with Crippen molar-refractivity contribution in [2.45, 2.75) is 19.6 Å². The topological polar surface area (TPSA) is 388 Å². The molecule has 24 nitrogen and oxygen atoms in total. The normalized spacial score (nSPS) is 12.1. The molecular formula is C64H40CuN8O16S4. The number of nitrogens with zero attached hydrogens (tertiary/aromatic N) is 4. The molecule has 0 unspecified atom stereocenters. The molecule has 0 fully saturated rings. The Kier molecular flexibility index (Phi) is 15.9. The number of amides is 4. The molecule has 11 aromatic rings. The van der Waals surface area contributed by atoms with Crippen LogP contribution in [0.4, 0.5) is 22.7 Å². The summed E-state index contributed by atoms with van der Waals surface area (Å²) in [5.41, 5.74) is 0.952. The van der Waals surface area contributed by atoms with Gasteiger partial charge >= 0.3 is 17.1 Å². The first kappa shape index (κ1) is 62.6. The van der Waals surface area contributed by atoms with Crippen LogP contribution in [0.25, 0.3) is 88.6 Å². The van der Waals surface area contributed by atoms with Crippen molar-refractivity contribution in [3.63, 3.8) is 0 Å². The van der Waals surface area contributed by atoms with Crippen molar-refractivity contribution in [3.05, 3.63) is 216 Å². The van der Waals surface area contributed by atoms with Gasteiger partial charge in [0.05, 0.1) is 56.4 Å². The SMILES string of the molecule is O=C(Nc1cccc2c1-c1cc3[n-]c(cc4nc(cc5[n-]c(cc-2n1)c1c(NC(=O)c2ccccc2S(=O)(=O)O)cccc51)-c1c(NC(=O)c2ccccc2S(=O)(=O)O)cccc1-4)c1c(NC(=O)c2ccccc2S(=O)(=O)O)cccc31)c1ccccc1S(=O)(=O)O.[Cu+2]. The molecule has 0 aliphatic carbocycles. The van der Waals surface area contributed by atoms with Gasteiger partial charge in [-0.1, -0.05) is 97.1 Å². The minimum Gasteiger partial charge on any atom is -0.657 e. The summed E-state index contributed by atoms with van der Waals surface area (Å²) in [4.78, 5) is 74.9. The van der Waals surface area contributed by atoms with E-state index in [4.69, 9.17) is 19.9 Å². The fourth-order valence-electron chi connectivity index (χ4n) is 11.2. The van der Waals surface area contributed by atoms with Gasteiger partial charge in [0.15, 0.2) is 0 Å². The number of carbonyl (C=O) groups excluding carboxylic acids is 4. The Labute approximate surface area is 537 Å². The number of nitrogens with one attached hydrogen (secondary N) is 4. The van der Waals surface area contributed by atoms with Gasteiger partial charge in [0.2, 0.25) is 0 Å². The van der Waals surface area contributed by atoms with Gasteiger partial charge in [-0.05, 0) is 119 Å². The summed E-state index contributed by atoms with van der Waals surface area (Å²) in [7, 11) is -19.7. The van der Waals surface area contributed by atoms with Crippen LogP contribution in [0, 0.1) is 0 Å². The van der Waals surface area contributed by atoms with E-state index in [1.807, 2.05) is 0 Å². The molecule has 5 heterocycles. The largest absolute Gasteiger partial charge is 2.00 e. The molecule has 2 aliphatic rings. The summed E-state index contributed by atoms with van der Waals surface area (Å²) in [5.74, 6) is -3.81. The van der Waals surface area contributed by atoms with Crippen molar-refractivity contribution in [2.24, 2.45) is 0 Å². The molecule has 1 radical (unpaired) electrons. The zero-order valence-corrected chi connectivity index (χ0v) is 51.1. The molecule has 0 saturated carbocycles. The molecule has 8 bridgehead atoms. The molecule has 0 saturated heterocycles. The number of aromatic nitrogens is 4. The molecule has 4 amide bonds. The summed E-state index contributed by atoms with van der Waals surface area (Å²) in [5, 5.41) is 12.3. The van der Waals surface area contributed by atoms with Crippen LogP contribution in [0.15, 0.2) is 214 Å². The Bertz CT molecular complexity index is 5430. The average Bonchev–Trinajstić information content (AvgIpc) is 1.60. The standard InChI is InChI=1S/C64H42N8O16S4.Cu/c73-61(37-13-1-5-25-53(37)89(77,78)79)69-41-21-9-17-33-45-30-50-59-35(19-11-23-43(59)71-63(75)39-15-3-7-27-55(39)91(83,84)85)47(67-50)32-52-60-36(20-12-24-44(60)72-64(76)40-16-4-8-28-56(40)92(86,87)88)48(68-52)31-51-58-34(46(66-51)29-49(65-45)57(33)41)18-10-22-42(58)70-62(74)38-14-2-6-26-54(38)90(80,81)82;/h1-32H,(H10,65,66,67,68,69,70,71,72,73,74,75,76,77,78,79,80,81,82,83,84,85,86,87,88);/q;+2/p-2. The summed E-state index contributed by atoms with van der Waals surface area (Å²) in [6.45, 7) is 0. The molecule has 29 heteroatoms. The van der Waals surface area contributed by atoms with Crippen molar-refractivity contribution >= 4 is 130 Å². The Morgan fingerprint density at radius 1 is 0.323 bits per heavy atom. The van der Waals surface area contributed by atoms with Crippen molar-refractivity contribution in [1.29, 1.82) is 0 Å². The van der Waals surface area contributed by atoms with Crippen molar-refractivity contribution in [3.8, 4) is 45.0 Å². The number of fused-ring (bicyclic) bond motifs is 20. The molecular weight excluding hydrogens is 1330 g/mol. The molecule has 0 atom stereocenters. The summed E-state index contributed by atoms with van der Waals surface area (Å²) in [6.07, 6.45) is 0. The van der Waals surface area contributed by atoms with Gasteiger partial charge in [0, 0.05) is 33.6 Å². The second-order valence-electron chi connectivity index (χ2n) is 20.7. The van der Waals surface area contributed by atoms with Crippen LogP contribution < -0.4 is 31.2 Å². The Morgan fingerprint density at radius 3 is 0.903 bits per heavy atom. The van der Waals surface area contributed by atoms with Crippen molar-refractivity contribution in [2.75, 3.05) is 21.3 Å². The van der Waals surface area contributed by atoms with Crippen LogP contribution in [-0.4, -0.2) is 85.5 Å². The first-order chi connectivity index (χ1) is 43.8. The Morgan fingerprint density at radius 2 is 0.591 bits per heavy atom. The third-order valence-electron chi connectivity index (χ3n) is 15.1. The first-order valence-electron chi connectivity index (χ1n) is 27.1. The predicted molar refractivity (Wildman–Crippen MR) is 340 cm³/mol. The van der Waals surface area contributed by atoms with E-state index in [1.54, 1.807) is 72.8 Å². The van der Waals surface area contributed by atoms with E-state index < -0.39 is 106 Å². The Balaban J connectivity index is 0.00000832. The number of carbonyl (C=O) groups is 4. The van der Waals surface area contributed by atoms with Gasteiger partial charge in [0.25, 0.3) is 64.1 Å². The number of hydrogen-bond donors (Lipinski definition) is 8. The molecule has 0 spiro atoms. The summed E-state index contributed by atoms with van der Waals surface area (Å²) in [6, 6.07) is 45.1. The fourth-order valence-corrected chi connectivity index (χ4v) is 14.0. The molecule has 467 valence electrons. The smallest absolute Gasteiger partial charge is 0.657 e. The third-order valence-corrected chi connectivity index (χ3v) is 18.7. The van der Waals surface area contributed by atoms with E-state index in [1.165, 1.54) is 97.1 Å². The number of benzene rings is 8. The number of anilines is 4. The predicted octanol–water partition coefficient (Wildman–Crippen LogP) is 10.5. The van der Waals surface area contributed by atoms with Gasteiger partial charge in [-0.15, -0.1) is 22.1 Å². The summed E-state index contributed by atoms with van der Waals surface area (Å²) >= 11 is 0. The van der Waals surface area contributed by atoms with Crippen LogP contribution in [0.3, 0.4) is 0 Å². The third kappa shape index (κ3) is 11.7. The van der Waals surface area contributed by atoms with E-state index in [0.717, 1.165) is 24.3 Å². The van der Waals surface area contributed by atoms with E-state index in [2.05, 4.69) is 21.3 Å². The number of rotatable bonds is 12. The number of hydrogen-bond acceptors (Lipinski definition) is 14. The van der Waals surface area contributed by atoms with Crippen LogP contribution in [0.2, 0.25) is 0 Å². The van der Waals surface area contributed by atoms with Crippen molar-refractivity contribution in [1.82, 2.24) is 19.9 Å². The second kappa shape index (κ2) is 23.6. The van der Waals surface area contributed by atoms with Gasteiger partial charge in [0.1, 0.15) is 19.6 Å². The van der Waals surface area contributed by atoms with Gasteiger partial charge < -0.3 is 31.2 Å². The molecule has 13 rings (SSSR count). The molecule has 2 aliphatic heterocycles. The van der Waals surface area contributed by atoms with Gasteiger partial charge in [-0.25, -0.2) is 9.97 Å². The molecule has 93 heavy (non-hydrogen) atoms. The zero-order chi connectivity index (χ0) is 64.8. The zero-order valence-electron chi connectivity index (χ0n) is 46.9. The maximum atomic E-state index is 14.3.